The van der Waals surface area contributed by atoms with Gasteiger partial charge < -0.3 is 20.5 Å². The summed E-state index contributed by atoms with van der Waals surface area (Å²) in [4.78, 5) is 26.4. The van der Waals surface area contributed by atoms with E-state index in [4.69, 9.17) is 15.7 Å². The summed E-state index contributed by atoms with van der Waals surface area (Å²) < 4.78 is 0. The Morgan fingerprint density at radius 1 is 0.906 bits per heavy atom. The van der Waals surface area contributed by atoms with Crippen LogP contribution in [0.2, 0.25) is 0 Å². The van der Waals surface area contributed by atoms with Gasteiger partial charge in [0.2, 0.25) is 0 Å². The molecule has 10 heteroatoms. The first-order chi connectivity index (χ1) is 15.7. The Labute approximate surface area is 183 Å². The fraction of sp³-hybridized carbons (Fsp3) is 0.227. The van der Waals surface area contributed by atoms with Gasteiger partial charge >= 0.3 is 0 Å². The minimum absolute atomic E-state index is 0.595. The van der Waals surface area contributed by atoms with Gasteiger partial charge in [-0.25, -0.2) is 9.97 Å². The summed E-state index contributed by atoms with van der Waals surface area (Å²) >= 11 is 0. The van der Waals surface area contributed by atoms with Gasteiger partial charge in [0.15, 0.2) is 11.5 Å². The SMILES string of the molecule is CN1CCN(c2cncc3[nH]c(-c4n[nH]c5ccc(-c6cncc(N)c6)nc45)nc23)CC1. The van der Waals surface area contributed by atoms with E-state index in [9.17, 15) is 0 Å². The Morgan fingerprint density at radius 2 is 1.75 bits per heavy atom. The number of nitrogens with one attached hydrogen (secondary N) is 2. The lowest BCUT2D eigenvalue weighted by Crippen LogP contribution is -2.44. The van der Waals surface area contributed by atoms with Crippen LogP contribution < -0.4 is 10.6 Å². The third kappa shape index (κ3) is 3.12. The molecule has 1 saturated heterocycles. The second-order valence-electron chi connectivity index (χ2n) is 8.10. The first-order valence-electron chi connectivity index (χ1n) is 10.5. The highest BCUT2D eigenvalue weighted by Gasteiger charge is 2.21. The van der Waals surface area contributed by atoms with Crippen LogP contribution in [0.15, 0.2) is 43.0 Å². The number of pyridine rings is 3. The molecule has 32 heavy (non-hydrogen) atoms. The number of nitrogens with zero attached hydrogens (tertiary/aromatic N) is 7. The van der Waals surface area contributed by atoms with Crippen molar-refractivity contribution < 1.29 is 0 Å². The van der Waals surface area contributed by atoms with Gasteiger partial charge in [-0.3, -0.25) is 15.1 Å². The molecule has 0 aliphatic carbocycles. The van der Waals surface area contributed by atoms with E-state index in [1.807, 2.05) is 24.4 Å². The minimum atomic E-state index is 0.595. The third-order valence-electron chi connectivity index (χ3n) is 5.91. The molecule has 1 fully saturated rings. The fourth-order valence-corrected chi connectivity index (χ4v) is 4.13. The zero-order valence-corrected chi connectivity index (χ0v) is 17.6. The van der Waals surface area contributed by atoms with Crippen LogP contribution >= 0.6 is 0 Å². The second-order valence-corrected chi connectivity index (χ2v) is 8.10. The molecule has 0 bridgehead atoms. The number of aromatic nitrogens is 7. The molecule has 5 aromatic heterocycles. The molecule has 4 N–H and O–H groups in total. The van der Waals surface area contributed by atoms with Crippen LogP contribution in [-0.4, -0.2) is 73.2 Å². The molecular weight excluding hydrogens is 404 g/mol. The molecule has 1 aliphatic heterocycles. The molecule has 0 spiro atoms. The number of hydrogen-bond donors (Lipinski definition) is 3. The number of anilines is 2. The monoisotopic (exact) mass is 426 g/mol. The molecule has 6 heterocycles. The van der Waals surface area contributed by atoms with Crippen molar-refractivity contribution in [2.45, 2.75) is 0 Å². The van der Waals surface area contributed by atoms with Crippen LogP contribution in [0.4, 0.5) is 11.4 Å². The standard InChI is InChI=1S/C22H22N10/c1-31-4-6-32(7-5-31)18-12-25-11-17-19(18)28-22(27-17)21-20-16(29-30-21)3-2-15(26-20)13-8-14(23)10-24-9-13/h2-3,8-12H,4-7,23H2,1H3,(H,27,28)(H,29,30). The number of aromatic amines is 2. The van der Waals surface area contributed by atoms with Gasteiger partial charge in [0.05, 0.1) is 40.5 Å². The lowest BCUT2D eigenvalue weighted by molar-refractivity contribution is 0.313. The van der Waals surface area contributed by atoms with Crippen LogP contribution in [0.5, 0.6) is 0 Å². The molecule has 160 valence electrons. The van der Waals surface area contributed by atoms with Crippen LogP contribution in [0, 0.1) is 0 Å². The van der Waals surface area contributed by atoms with Crippen molar-refractivity contribution >= 4 is 33.4 Å². The van der Waals surface area contributed by atoms with Gasteiger partial charge in [0.1, 0.15) is 11.0 Å². The van der Waals surface area contributed by atoms with Gasteiger partial charge in [-0.2, -0.15) is 5.10 Å². The normalized spacial score (nSPS) is 15.1. The largest absolute Gasteiger partial charge is 0.397 e. The first-order valence-corrected chi connectivity index (χ1v) is 10.5. The summed E-state index contributed by atoms with van der Waals surface area (Å²) in [6.07, 6.45) is 7.06. The molecule has 0 amide bonds. The molecule has 6 rings (SSSR count). The topological polar surface area (TPSA) is 129 Å². The van der Waals surface area contributed by atoms with Crippen LogP contribution in [0.1, 0.15) is 0 Å². The van der Waals surface area contributed by atoms with Crippen LogP contribution in [0.25, 0.3) is 44.8 Å². The second kappa shape index (κ2) is 7.27. The Morgan fingerprint density at radius 3 is 2.59 bits per heavy atom. The Kier molecular flexibility index (Phi) is 4.25. The van der Waals surface area contributed by atoms with Crippen LogP contribution in [-0.2, 0) is 0 Å². The van der Waals surface area contributed by atoms with Crippen molar-refractivity contribution in [2.75, 3.05) is 43.9 Å². The maximum Gasteiger partial charge on any atom is 0.161 e. The number of imidazole rings is 1. The number of piperazine rings is 1. The first kappa shape index (κ1) is 18.7. The Balaban J connectivity index is 1.44. The van der Waals surface area contributed by atoms with E-state index < -0.39 is 0 Å². The number of hydrogen-bond acceptors (Lipinski definition) is 8. The van der Waals surface area contributed by atoms with E-state index in [0.29, 0.717) is 17.2 Å². The molecule has 0 unspecified atom stereocenters. The van der Waals surface area contributed by atoms with Gasteiger partial charge in [-0.05, 0) is 25.2 Å². The average Bonchev–Trinajstić information content (AvgIpc) is 3.43. The van der Waals surface area contributed by atoms with E-state index in [1.54, 1.807) is 18.6 Å². The summed E-state index contributed by atoms with van der Waals surface area (Å²) in [5.74, 6) is 0.657. The van der Waals surface area contributed by atoms with E-state index in [1.165, 1.54) is 0 Å². The van der Waals surface area contributed by atoms with Gasteiger partial charge in [0, 0.05) is 44.1 Å². The summed E-state index contributed by atoms with van der Waals surface area (Å²) in [7, 11) is 2.15. The van der Waals surface area contributed by atoms with Crippen LogP contribution in [0.3, 0.4) is 0 Å². The Hall–Kier alpha value is -4.05. The Bertz CT molecular complexity index is 1430. The minimum Gasteiger partial charge on any atom is -0.397 e. The number of likely N-dealkylation sites (N-methyl/N-ethyl adjacent to an activating group) is 1. The molecular formula is C22H22N10. The lowest BCUT2D eigenvalue weighted by Gasteiger charge is -2.33. The molecule has 0 aromatic carbocycles. The molecule has 10 nitrogen and oxygen atoms in total. The summed E-state index contributed by atoms with van der Waals surface area (Å²) in [6.45, 7) is 3.93. The van der Waals surface area contributed by atoms with Crippen molar-refractivity contribution in [3.8, 4) is 22.8 Å². The van der Waals surface area contributed by atoms with Crippen molar-refractivity contribution in [2.24, 2.45) is 0 Å². The van der Waals surface area contributed by atoms with Crippen molar-refractivity contribution in [1.82, 2.24) is 40.0 Å². The predicted octanol–water partition coefficient (Wildman–Crippen LogP) is 2.29. The van der Waals surface area contributed by atoms with E-state index in [-0.39, 0.29) is 0 Å². The van der Waals surface area contributed by atoms with Gasteiger partial charge in [-0.15, -0.1) is 0 Å². The van der Waals surface area contributed by atoms with Crippen molar-refractivity contribution in [3.05, 3.63) is 43.0 Å². The quantitative estimate of drug-likeness (QED) is 0.401. The van der Waals surface area contributed by atoms with Gasteiger partial charge in [0.25, 0.3) is 0 Å². The van der Waals surface area contributed by atoms with Crippen molar-refractivity contribution in [1.29, 1.82) is 0 Å². The number of H-pyrrole nitrogens is 2. The maximum absolute atomic E-state index is 5.90. The summed E-state index contributed by atoms with van der Waals surface area (Å²) in [5.41, 5.74) is 13.2. The summed E-state index contributed by atoms with van der Waals surface area (Å²) in [5, 5.41) is 7.56. The zero-order chi connectivity index (χ0) is 21.7. The van der Waals surface area contributed by atoms with E-state index >= 15 is 0 Å². The third-order valence-corrected chi connectivity index (χ3v) is 5.91. The van der Waals surface area contributed by atoms with Crippen molar-refractivity contribution in [3.63, 3.8) is 0 Å². The maximum atomic E-state index is 5.90. The number of fused-ring (bicyclic) bond motifs is 2. The zero-order valence-electron chi connectivity index (χ0n) is 17.6. The number of rotatable bonds is 3. The van der Waals surface area contributed by atoms with E-state index in [2.05, 4.69) is 42.0 Å². The predicted molar refractivity (Wildman–Crippen MR) is 124 cm³/mol. The lowest BCUT2D eigenvalue weighted by atomic mass is 10.1. The molecule has 1 aliphatic rings. The number of nitrogens with two attached hydrogens (primary N) is 1. The fourth-order valence-electron chi connectivity index (χ4n) is 4.13. The molecule has 0 saturated carbocycles. The highest BCUT2D eigenvalue weighted by molar-refractivity contribution is 5.94. The number of nitrogen functional groups attached to an aromatic ring is 1. The summed E-state index contributed by atoms with van der Waals surface area (Å²) in [6, 6.07) is 5.74. The van der Waals surface area contributed by atoms with Gasteiger partial charge in [-0.1, -0.05) is 0 Å². The molecule has 0 radical (unpaired) electrons. The average molecular weight is 426 g/mol. The highest BCUT2D eigenvalue weighted by Crippen LogP contribution is 2.31. The van der Waals surface area contributed by atoms with E-state index in [0.717, 1.165) is 65.2 Å². The smallest absolute Gasteiger partial charge is 0.161 e. The molecule has 0 atom stereocenters. The highest BCUT2D eigenvalue weighted by atomic mass is 15.3. The molecule has 5 aromatic rings.